The average molecular weight is 351 g/mol. The van der Waals surface area contributed by atoms with Gasteiger partial charge in [0, 0.05) is 7.11 Å². The maximum atomic E-state index is 11.7. The number of carbonyl (C=O) groups excluding carboxylic acids is 1. The zero-order valence-electron chi connectivity index (χ0n) is 10.5. The van der Waals surface area contributed by atoms with Gasteiger partial charge in [-0.1, -0.05) is 18.2 Å². The lowest BCUT2D eigenvalue weighted by Crippen LogP contribution is -2.49. The largest absolute Gasteiger partial charge is 0.444 e. The van der Waals surface area contributed by atoms with E-state index in [1.54, 1.807) is 7.11 Å². The van der Waals surface area contributed by atoms with Crippen molar-refractivity contribution in [3.8, 4) is 0 Å². The monoisotopic (exact) mass is 351 g/mol. The van der Waals surface area contributed by atoms with Gasteiger partial charge in [-0.15, -0.1) is 0 Å². The highest BCUT2D eigenvalue weighted by atomic mass is 127. The highest BCUT2D eigenvalue weighted by Crippen LogP contribution is 2.29. The Labute approximate surface area is 116 Å². The molecule has 2 unspecified atom stereocenters. The first-order chi connectivity index (χ1) is 7.77. The molecule has 96 valence electrons. The van der Waals surface area contributed by atoms with E-state index in [1.165, 1.54) is 0 Å². The fourth-order valence-corrected chi connectivity index (χ4v) is 1.94. The quantitative estimate of drug-likeness (QED) is 0.615. The number of amides is 1. The molecule has 17 heavy (non-hydrogen) atoms. The summed E-state index contributed by atoms with van der Waals surface area (Å²) in [5.41, 5.74) is -0.501. The third kappa shape index (κ3) is 4.31. The molecule has 0 fully saturated rings. The van der Waals surface area contributed by atoms with Gasteiger partial charge in [0.05, 0.1) is 6.04 Å². The first kappa shape index (κ1) is 14.5. The number of hydrogen-bond donors (Lipinski definition) is 1. The van der Waals surface area contributed by atoms with Crippen molar-refractivity contribution in [3.63, 3.8) is 0 Å². The van der Waals surface area contributed by atoms with Crippen molar-refractivity contribution >= 4 is 28.7 Å². The number of alkyl carbamates (subject to hydrolysis) is 1. The SMILES string of the molecule is COC1(I)C=CC=CC1NC(=O)OC(C)(C)C. The van der Waals surface area contributed by atoms with Crippen molar-refractivity contribution in [2.24, 2.45) is 0 Å². The molecule has 0 aromatic carbocycles. The minimum atomic E-state index is -0.566. The van der Waals surface area contributed by atoms with E-state index in [4.69, 9.17) is 9.47 Å². The van der Waals surface area contributed by atoms with Crippen LogP contribution in [0.15, 0.2) is 24.3 Å². The van der Waals surface area contributed by atoms with Gasteiger partial charge in [0.1, 0.15) is 5.60 Å². The van der Waals surface area contributed by atoms with E-state index < -0.39 is 15.3 Å². The van der Waals surface area contributed by atoms with Crippen LogP contribution < -0.4 is 5.32 Å². The van der Waals surface area contributed by atoms with Gasteiger partial charge in [-0.2, -0.15) is 0 Å². The molecule has 0 aliphatic heterocycles. The van der Waals surface area contributed by atoms with Crippen molar-refractivity contribution in [2.75, 3.05) is 7.11 Å². The highest BCUT2D eigenvalue weighted by molar-refractivity contribution is 14.1. The molecule has 0 spiro atoms. The van der Waals surface area contributed by atoms with E-state index in [-0.39, 0.29) is 6.04 Å². The molecule has 1 amide bonds. The van der Waals surface area contributed by atoms with Gasteiger partial charge in [0.25, 0.3) is 0 Å². The Hall–Kier alpha value is -0.560. The van der Waals surface area contributed by atoms with Crippen LogP contribution in [0.3, 0.4) is 0 Å². The molecule has 0 radical (unpaired) electrons. The van der Waals surface area contributed by atoms with Crippen molar-refractivity contribution < 1.29 is 14.3 Å². The van der Waals surface area contributed by atoms with Crippen LogP contribution in [0.2, 0.25) is 0 Å². The van der Waals surface area contributed by atoms with Crippen LogP contribution in [-0.4, -0.2) is 28.5 Å². The van der Waals surface area contributed by atoms with Gasteiger partial charge in [0.15, 0.2) is 3.61 Å². The van der Waals surface area contributed by atoms with Gasteiger partial charge in [-0.3, -0.25) is 0 Å². The number of nitrogens with one attached hydrogen (secondary N) is 1. The van der Waals surface area contributed by atoms with E-state index in [0.29, 0.717) is 0 Å². The van der Waals surface area contributed by atoms with E-state index in [1.807, 2.05) is 45.1 Å². The Bertz CT molecular complexity index is 346. The molecule has 0 aromatic heterocycles. The van der Waals surface area contributed by atoms with Crippen molar-refractivity contribution in [2.45, 2.75) is 36.0 Å². The third-order valence-corrected chi connectivity index (χ3v) is 3.62. The Morgan fingerprint density at radius 3 is 2.59 bits per heavy atom. The number of alkyl halides is 1. The predicted molar refractivity (Wildman–Crippen MR) is 75.2 cm³/mol. The molecule has 0 bridgehead atoms. The van der Waals surface area contributed by atoms with Crippen molar-refractivity contribution in [1.29, 1.82) is 0 Å². The number of allylic oxidation sites excluding steroid dienone is 2. The molecule has 2 atom stereocenters. The third-order valence-electron chi connectivity index (χ3n) is 2.15. The maximum absolute atomic E-state index is 11.7. The molecule has 4 nitrogen and oxygen atoms in total. The Kier molecular flexibility index (Phi) is 4.60. The molecule has 0 aromatic rings. The van der Waals surface area contributed by atoms with Crippen LogP contribution in [0, 0.1) is 0 Å². The smallest absolute Gasteiger partial charge is 0.408 e. The second kappa shape index (κ2) is 5.39. The standard InChI is InChI=1S/C12H18INO3/c1-11(2,3)17-10(15)14-9-7-5-6-8-12(9,13)16-4/h5-9H,1-4H3,(H,14,15). The normalized spacial score (nSPS) is 27.9. The van der Waals surface area contributed by atoms with E-state index in [2.05, 4.69) is 27.9 Å². The number of halogens is 1. The lowest BCUT2D eigenvalue weighted by Gasteiger charge is -2.33. The van der Waals surface area contributed by atoms with Gasteiger partial charge in [-0.25, -0.2) is 4.79 Å². The Morgan fingerprint density at radius 2 is 2.06 bits per heavy atom. The average Bonchev–Trinajstić information content (AvgIpc) is 2.19. The summed E-state index contributed by atoms with van der Waals surface area (Å²) in [6.07, 6.45) is 7.09. The summed E-state index contributed by atoms with van der Waals surface area (Å²) in [5, 5.41) is 2.79. The molecular formula is C12H18INO3. The molecule has 0 saturated heterocycles. The van der Waals surface area contributed by atoms with Crippen LogP contribution in [-0.2, 0) is 9.47 Å². The van der Waals surface area contributed by atoms with E-state index in [9.17, 15) is 4.79 Å². The zero-order chi connectivity index (χ0) is 13.1. The molecule has 0 saturated carbocycles. The summed E-state index contributed by atoms with van der Waals surface area (Å²) in [7, 11) is 1.61. The van der Waals surface area contributed by atoms with Crippen LogP contribution in [0.4, 0.5) is 4.79 Å². The van der Waals surface area contributed by atoms with Gasteiger partial charge in [-0.05, 0) is 49.4 Å². The fourth-order valence-electron chi connectivity index (χ4n) is 1.37. The minimum absolute atomic E-state index is 0.243. The van der Waals surface area contributed by atoms with Crippen LogP contribution >= 0.6 is 22.6 Å². The topological polar surface area (TPSA) is 47.6 Å². The van der Waals surface area contributed by atoms with Crippen LogP contribution in [0.5, 0.6) is 0 Å². The van der Waals surface area contributed by atoms with E-state index in [0.717, 1.165) is 0 Å². The second-order valence-corrected chi connectivity index (χ2v) is 6.46. The number of methoxy groups -OCH3 is 1. The van der Waals surface area contributed by atoms with Crippen molar-refractivity contribution in [1.82, 2.24) is 5.32 Å². The molecule has 1 aliphatic rings. The number of carbonyl (C=O) groups is 1. The van der Waals surface area contributed by atoms with Gasteiger partial charge >= 0.3 is 6.09 Å². The molecule has 1 N–H and O–H groups in total. The molecular weight excluding hydrogens is 333 g/mol. The number of hydrogen-bond acceptors (Lipinski definition) is 3. The van der Waals surface area contributed by atoms with Crippen LogP contribution in [0.25, 0.3) is 0 Å². The molecule has 5 heteroatoms. The summed E-state index contributed by atoms with van der Waals surface area (Å²) in [4.78, 5) is 11.7. The highest BCUT2D eigenvalue weighted by Gasteiger charge is 2.35. The number of ether oxygens (including phenoxy) is 2. The first-order valence-electron chi connectivity index (χ1n) is 5.36. The number of rotatable bonds is 2. The van der Waals surface area contributed by atoms with Gasteiger partial charge in [0.2, 0.25) is 0 Å². The summed E-state index contributed by atoms with van der Waals surface area (Å²) in [5.74, 6) is 0. The lowest BCUT2D eigenvalue weighted by atomic mass is 10.1. The fraction of sp³-hybridized carbons (Fsp3) is 0.583. The molecule has 1 rings (SSSR count). The minimum Gasteiger partial charge on any atom is -0.444 e. The Morgan fingerprint density at radius 1 is 1.41 bits per heavy atom. The molecule has 0 heterocycles. The summed E-state index contributed by atoms with van der Waals surface area (Å²) in [6.45, 7) is 5.49. The lowest BCUT2D eigenvalue weighted by molar-refractivity contribution is 0.0429. The zero-order valence-corrected chi connectivity index (χ0v) is 12.6. The van der Waals surface area contributed by atoms with Crippen molar-refractivity contribution in [3.05, 3.63) is 24.3 Å². The predicted octanol–water partition coefficient (Wildman–Crippen LogP) is 2.78. The van der Waals surface area contributed by atoms with Gasteiger partial charge < -0.3 is 14.8 Å². The summed E-state index contributed by atoms with van der Waals surface area (Å²) in [6, 6.07) is -0.243. The summed E-state index contributed by atoms with van der Waals surface area (Å²) >= 11 is 2.16. The second-order valence-electron chi connectivity index (χ2n) is 4.77. The summed E-state index contributed by atoms with van der Waals surface area (Å²) < 4.78 is 10.0. The maximum Gasteiger partial charge on any atom is 0.408 e. The first-order valence-corrected chi connectivity index (χ1v) is 6.44. The van der Waals surface area contributed by atoms with E-state index >= 15 is 0 Å². The Balaban J connectivity index is 2.65. The molecule has 1 aliphatic carbocycles. The van der Waals surface area contributed by atoms with Crippen LogP contribution in [0.1, 0.15) is 20.8 Å².